The van der Waals surface area contributed by atoms with Crippen molar-refractivity contribution < 1.29 is 4.74 Å². The Morgan fingerprint density at radius 3 is 3.06 bits per heavy atom. The van der Waals surface area contributed by atoms with Crippen LogP contribution in [-0.2, 0) is 0 Å². The van der Waals surface area contributed by atoms with Gasteiger partial charge < -0.3 is 4.74 Å². The van der Waals surface area contributed by atoms with Gasteiger partial charge in [-0.1, -0.05) is 0 Å². The quantitative estimate of drug-likeness (QED) is 0.693. The van der Waals surface area contributed by atoms with Gasteiger partial charge in [-0.15, -0.1) is 11.3 Å². The lowest BCUT2D eigenvalue weighted by molar-refractivity contribution is 0.466. The molecule has 0 fully saturated rings. The lowest BCUT2D eigenvalue weighted by Crippen LogP contribution is -1.89. The molecule has 0 amide bonds. The smallest absolute Gasteiger partial charge is 0.231 e. The molecule has 3 rings (SSSR count). The second kappa shape index (κ2) is 4.10. The molecule has 0 radical (unpaired) electrons. The van der Waals surface area contributed by atoms with Gasteiger partial charge in [-0.25, -0.2) is 9.97 Å². The minimum Gasteiger partial charge on any atom is -0.437 e. The minimum atomic E-state index is 0.576. The lowest BCUT2D eigenvalue weighted by Gasteiger charge is -2.03. The van der Waals surface area contributed by atoms with Crippen molar-refractivity contribution >= 4 is 21.6 Å². The highest BCUT2D eigenvalue weighted by Gasteiger charge is 2.08. The van der Waals surface area contributed by atoms with Crippen LogP contribution in [0.2, 0.25) is 0 Å². The molecule has 0 bridgehead atoms. The van der Waals surface area contributed by atoms with Crippen LogP contribution >= 0.6 is 11.3 Å². The summed E-state index contributed by atoms with van der Waals surface area (Å²) < 4.78 is 5.70. The number of hydrogen-bond acceptors (Lipinski definition) is 5. The summed E-state index contributed by atoms with van der Waals surface area (Å²) in [5.41, 5.74) is 0. The Hall–Kier alpha value is -2.01. The first-order valence-corrected chi connectivity index (χ1v) is 5.93. The first kappa shape index (κ1) is 10.2. The summed E-state index contributed by atoms with van der Waals surface area (Å²) >= 11 is 1.63. The number of pyridine rings is 1. The number of aromatic nitrogens is 3. The average molecular weight is 243 g/mol. The lowest BCUT2D eigenvalue weighted by atomic mass is 10.3. The predicted molar refractivity (Wildman–Crippen MR) is 66.5 cm³/mol. The van der Waals surface area contributed by atoms with E-state index >= 15 is 0 Å². The fraction of sp³-hybridized carbons (Fsp3) is 0.0833. The second-order valence-corrected chi connectivity index (χ2v) is 4.78. The molecule has 4 nitrogen and oxygen atoms in total. The van der Waals surface area contributed by atoms with Crippen LogP contribution in [0.1, 0.15) is 4.88 Å². The normalized spacial score (nSPS) is 10.6. The molecule has 3 aromatic rings. The third-order valence-corrected chi connectivity index (χ3v) is 3.22. The Balaban J connectivity index is 2.06. The van der Waals surface area contributed by atoms with E-state index in [2.05, 4.69) is 15.0 Å². The third kappa shape index (κ3) is 1.97. The largest absolute Gasteiger partial charge is 0.437 e. The highest BCUT2D eigenvalue weighted by molar-refractivity contribution is 7.18. The summed E-state index contributed by atoms with van der Waals surface area (Å²) in [6.45, 7) is 2.04. The van der Waals surface area contributed by atoms with Crippen LogP contribution in [-0.4, -0.2) is 15.0 Å². The van der Waals surface area contributed by atoms with Gasteiger partial charge in [0.2, 0.25) is 5.88 Å². The van der Waals surface area contributed by atoms with Crippen molar-refractivity contribution in [1.82, 2.24) is 15.0 Å². The molecule has 0 saturated heterocycles. The van der Waals surface area contributed by atoms with Gasteiger partial charge in [0.1, 0.15) is 16.9 Å². The first-order chi connectivity index (χ1) is 8.33. The summed E-state index contributed by atoms with van der Waals surface area (Å²) in [6.07, 6.45) is 4.88. The molecule has 0 saturated carbocycles. The third-order valence-electron chi connectivity index (χ3n) is 2.26. The van der Waals surface area contributed by atoms with Gasteiger partial charge >= 0.3 is 0 Å². The minimum absolute atomic E-state index is 0.576. The molecule has 84 valence electrons. The highest BCUT2D eigenvalue weighted by Crippen LogP contribution is 2.31. The standard InChI is InChI=1S/C12H9N3OS/c1-8-5-10-11(14-7-15-12(10)17-8)16-9-3-2-4-13-6-9/h2-7H,1H3. The van der Waals surface area contributed by atoms with Crippen molar-refractivity contribution in [2.75, 3.05) is 0 Å². The number of aryl methyl sites for hydroxylation is 1. The van der Waals surface area contributed by atoms with Crippen LogP contribution < -0.4 is 4.74 Å². The molecule has 3 heterocycles. The van der Waals surface area contributed by atoms with E-state index in [0.29, 0.717) is 11.6 Å². The number of thiophene rings is 1. The maximum absolute atomic E-state index is 5.70. The van der Waals surface area contributed by atoms with Crippen LogP contribution in [0.3, 0.4) is 0 Å². The number of rotatable bonds is 2. The Kier molecular flexibility index (Phi) is 2.45. The van der Waals surface area contributed by atoms with Gasteiger partial charge in [0.05, 0.1) is 11.6 Å². The zero-order valence-corrected chi connectivity index (χ0v) is 9.94. The van der Waals surface area contributed by atoms with Crippen molar-refractivity contribution in [3.63, 3.8) is 0 Å². The monoisotopic (exact) mass is 243 g/mol. The van der Waals surface area contributed by atoms with Gasteiger partial charge in [-0.05, 0) is 25.1 Å². The molecule has 3 aromatic heterocycles. The molecular weight excluding hydrogens is 234 g/mol. The van der Waals surface area contributed by atoms with Crippen LogP contribution in [0.15, 0.2) is 36.9 Å². The Morgan fingerprint density at radius 1 is 1.29 bits per heavy atom. The Labute approximate surface area is 102 Å². The van der Waals surface area contributed by atoms with Crippen molar-refractivity contribution in [2.24, 2.45) is 0 Å². The van der Waals surface area contributed by atoms with Crippen LogP contribution in [0, 0.1) is 6.92 Å². The Bertz CT molecular complexity index is 651. The second-order valence-electron chi connectivity index (χ2n) is 3.55. The zero-order chi connectivity index (χ0) is 11.7. The molecule has 0 aromatic carbocycles. The van der Waals surface area contributed by atoms with E-state index in [1.807, 2.05) is 25.1 Å². The summed E-state index contributed by atoms with van der Waals surface area (Å²) in [4.78, 5) is 14.5. The van der Waals surface area contributed by atoms with Crippen LogP contribution in [0.5, 0.6) is 11.6 Å². The number of fused-ring (bicyclic) bond motifs is 1. The molecule has 0 N–H and O–H groups in total. The fourth-order valence-corrected chi connectivity index (χ4v) is 2.39. The molecule has 0 spiro atoms. The molecule has 0 aliphatic carbocycles. The summed E-state index contributed by atoms with van der Waals surface area (Å²) in [7, 11) is 0. The van der Waals surface area contributed by atoms with E-state index in [0.717, 1.165) is 10.2 Å². The highest BCUT2D eigenvalue weighted by atomic mass is 32.1. The summed E-state index contributed by atoms with van der Waals surface area (Å²) in [5.74, 6) is 1.25. The van der Waals surface area contributed by atoms with E-state index in [9.17, 15) is 0 Å². The first-order valence-electron chi connectivity index (χ1n) is 5.12. The van der Waals surface area contributed by atoms with Crippen molar-refractivity contribution in [3.05, 3.63) is 41.8 Å². The molecule has 0 unspecified atom stereocenters. The van der Waals surface area contributed by atoms with E-state index in [-0.39, 0.29) is 0 Å². The zero-order valence-electron chi connectivity index (χ0n) is 9.12. The van der Waals surface area contributed by atoms with Gasteiger partial charge in [0.15, 0.2) is 0 Å². The topological polar surface area (TPSA) is 47.9 Å². The summed E-state index contributed by atoms with van der Waals surface area (Å²) in [5, 5.41) is 0.943. The number of nitrogens with zero attached hydrogens (tertiary/aromatic N) is 3. The van der Waals surface area contributed by atoms with Gasteiger partial charge in [0, 0.05) is 11.1 Å². The van der Waals surface area contributed by atoms with Crippen molar-refractivity contribution in [2.45, 2.75) is 6.92 Å². The van der Waals surface area contributed by atoms with Crippen molar-refractivity contribution in [3.8, 4) is 11.6 Å². The maximum atomic E-state index is 5.70. The average Bonchev–Trinajstić information content (AvgIpc) is 2.72. The molecule has 17 heavy (non-hydrogen) atoms. The van der Waals surface area contributed by atoms with E-state index < -0.39 is 0 Å². The van der Waals surface area contributed by atoms with Crippen LogP contribution in [0.4, 0.5) is 0 Å². The van der Waals surface area contributed by atoms with Gasteiger partial charge in [0.25, 0.3) is 0 Å². The maximum Gasteiger partial charge on any atom is 0.231 e. The number of ether oxygens (including phenoxy) is 1. The molecule has 0 atom stereocenters. The van der Waals surface area contributed by atoms with E-state index in [4.69, 9.17) is 4.74 Å². The number of hydrogen-bond donors (Lipinski definition) is 0. The van der Waals surface area contributed by atoms with E-state index in [1.165, 1.54) is 11.2 Å². The fourth-order valence-electron chi connectivity index (χ4n) is 1.55. The predicted octanol–water partition coefficient (Wildman–Crippen LogP) is 3.19. The van der Waals surface area contributed by atoms with Crippen molar-refractivity contribution in [1.29, 1.82) is 0 Å². The van der Waals surface area contributed by atoms with Gasteiger partial charge in [-0.2, -0.15) is 0 Å². The SMILES string of the molecule is Cc1cc2c(Oc3cccnc3)ncnc2s1. The van der Waals surface area contributed by atoms with Crippen LogP contribution in [0.25, 0.3) is 10.2 Å². The molecule has 0 aliphatic rings. The summed E-state index contributed by atoms with van der Waals surface area (Å²) in [6, 6.07) is 5.71. The Morgan fingerprint density at radius 2 is 2.24 bits per heavy atom. The molecular formula is C12H9N3OS. The molecule has 0 aliphatic heterocycles. The molecule has 5 heteroatoms. The van der Waals surface area contributed by atoms with Gasteiger partial charge in [-0.3, -0.25) is 4.98 Å². The van der Waals surface area contributed by atoms with E-state index in [1.54, 1.807) is 23.7 Å².